The summed E-state index contributed by atoms with van der Waals surface area (Å²) in [6.07, 6.45) is 7.50. The summed E-state index contributed by atoms with van der Waals surface area (Å²) in [5.74, 6) is 0.494. The topological polar surface area (TPSA) is 103 Å². The molecule has 1 aromatic rings. The molecule has 1 saturated heterocycles. The highest BCUT2D eigenvalue weighted by atomic mass is 32.2. The highest BCUT2D eigenvalue weighted by Crippen LogP contribution is 2.36. The molecule has 8 heteroatoms. The SMILES string of the molecule is CC(C)(C)OC(=O)N1C[C@@H](CCCCCc2ccc(S(N)(=O)=O)nc2)CC1(C)C. The largest absolute Gasteiger partial charge is 0.444 e. The van der Waals surface area contributed by atoms with Gasteiger partial charge in [0.05, 0.1) is 0 Å². The van der Waals surface area contributed by atoms with Crippen LogP contribution in [0.25, 0.3) is 0 Å². The second kappa shape index (κ2) is 9.00. The molecule has 1 fully saturated rings. The highest BCUT2D eigenvalue weighted by Gasteiger charge is 2.42. The fraction of sp³-hybridized carbons (Fsp3) is 0.714. The van der Waals surface area contributed by atoms with E-state index < -0.39 is 15.6 Å². The number of likely N-dealkylation sites (tertiary alicyclic amines) is 1. The van der Waals surface area contributed by atoms with Crippen molar-refractivity contribution in [2.45, 2.75) is 89.3 Å². The standard InChI is InChI=1S/C21H35N3O4S/c1-20(2,3)28-19(25)24-15-17(13-21(24,4)5)10-8-6-7-9-16-11-12-18(23-14-16)29(22,26)27/h11-12,14,17H,6-10,13,15H2,1-5H3,(H2,22,26,27)/t17-/m0/s1. The van der Waals surface area contributed by atoms with Crippen LogP contribution in [-0.2, 0) is 21.2 Å². The molecule has 2 heterocycles. The smallest absolute Gasteiger partial charge is 0.410 e. The van der Waals surface area contributed by atoms with Gasteiger partial charge in [-0.3, -0.25) is 0 Å². The van der Waals surface area contributed by atoms with Crippen molar-refractivity contribution in [2.24, 2.45) is 11.1 Å². The zero-order valence-electron chi connectivity index (χ0n) is 18.3. The molecule has 0 spiro atoms. The summed E-state index contributed by atoms with van der Waals surface area (Å²) in [5, 5.41) is 4.96. The molecule has 0 radical (unpaired) electrons. The Kier molecular flexibility index (Phi) is 7.32. The zero-order valence-corrected chi connectivity index (χ0v) is 19.1. The van der Waals surface area contributed by atoms with Crippen LogP contribution in [0.5, 0.6) is 0 Å². The summed E-state index contributed by atoms with van der Waals surface area (Å²) in [4.78, 5) is 18.3. The fourth-order valence-electron chi connectivity index (χ4n) is 3.88. The number of ether oxygens (including phenoxy) is 1. The summed E-state index contributed by atoms with van der Waals surface area (Å²) in [6.45, 7) is 10.6. The van der Waals surface area contributed by atoms with Crippen LogP contribution >= 0.6 is 0 Å². The van der Waals surface area contributed by atoms with Gasteiger partial charge in [0.25, 0.3) is 10.0 Å². The van der Waals surface area contributed by atoms with E-state index in [0.29, 0.717) is 5.92 Å². The molecular weight excluding hydrogens is 390 g/mol. The summed E-state index contributed by atoms with van der Waals surface area (Å²) >= 11 is 0. The Labute approximate surface area is 175 Å². The van der Waals surface area contributed by atoms with Crippen LogP contribution in [0.4, 0.5) is 4.79 Å². The van der Waals surface area contributed by atoms with Gasteiger partial charge in [0.2, 0.25) is 0 Å². The number of pyridine rings is 1. The Morgan fingerprint density at radius 3 is 2.52 bits per heavy atom. The number of nitrogens with two attached hydrogens (primary N) is 1. The van der Waals surface area contributed by atoms with E-state index in [-0.39, 0.29) is 16.7 Å². The van der Waals surface area contributed by atoms with Crippen molar-refractivity contribution in [2.75, 3.05) is 6.54 Å². The Hall–Kier alpha value is -1.67. The average molecular weight is 426 g/mol. The number of amides is 1. The minimum Gasteiger partial charge on any atom is -0.444 e. The molecule has 1 aromatic heterocycles. The average Bonchev–Trinajstić information content (AvgIpc) is 2.87. The summed E-state index contributed by atoms with van der Waals surface area (Å²) in [6, 6.07) is 3.22. The molecule has 2 rings (SSSR count). The Morgan fingerprint density at radius 2 is 1.97 bits per heavy atom. The summed E-state index contributed by atoms with van der Waals surface area (Å²) in [7, 11) is -3.74. The monoisotopic (exact) mass is 425 g/mol. The predicted molar refractivity (Wildman–Crippen MR) is 113 cm³/mol. The molecule has 0 saturated carbocycles. The molecule has 0 bridgehead atoms. The van der Waals surface area contributed by atoms with Gasteiger partial charge in [0, 0.05) is 18.3 Å². The number of aryl methyl sites for hydroxylation is 1. The zero-order chi connectivity index (χ0) is 21.9. The normalized spacial score (nSPS) is 19.4. The summed E-state index contributed by atoms with van der Waals surface area (Å²) in [5.41, 5.74) is 0.353. The molecule has 29 heavy (non-hydrogen) atoms. The Balaban J connectivity index is 1.73. The predicted octanol–water partition coefficient (Wildman–Crippen LogP) is 3.87. The van der Waals surface area contributed by atoms with Gasteiger partial charge in [-0.2, -0.15) is 0 Å². The van der Waals surface area contributed by atoms with Crippen LogP contribution in [0.15, 0.2) is 23.4 Å². The highest BCUT2D eigenvalue weighted by molar-refractivity contribution is 7.89. The van der Waals surface area contributed by atoms with Crippen LogP contribution < -0.4 is 5.14 Å². The lowest BCUT2D eigenvalue weighted by Crippen LogP contribution is -2.45. The minimum absolute atomic E-state index is 0.0976. The lowest BCUT2D eigenvalue weighted by molar-refractivity contribution is 0.0131. The third kappa shape index (κ3) is 7.26. The molecule has 0 aromatic carbocycles. The van der Waals surface area contributed by atoms with Crippen LogP contribution in [-0.4, -0.2) is 42.1 Å². The molecule has 7 nitrogen and oxygen atoms in total. The van der Waals surface area contributed by atoms with Gasteiger partial charge < -0.3 is 9.64 Å². The molecule has 0 unspecified atom stereocenters. The Bertz CT molecular complexity index is 798. The molecule has 1 atom stereocenters. The molecular formula is C21H35N3O4S. The van der Waals surface area contributed by atoms with Gasteiger partial charge in [0.15, 0.2) is 5.03 Å². The first kappa shape index (κ1) is 23.6. The number of carbonyl (C=O) groups excluding carboxylic acids is 1. The van der Waals surface area contributed by atoms with Crippen molar-refractivity contribution >= 4 is 16.1 Å². The van der Waals surface area contributed by atoms with Crippen LogP contribution in [0, 0.1) is 5.92 Å². The maximum absolute atomic E-state index is 12.5. The third-order valence-electron chi connectivity index (χ3n) is 5.24. The number of aromatic nitrogens is 1. The quantitative estimate of drug-likeness (QED) is 0.668. The maximum Gasteiger partial charge on any atom is 0.410 e. The van der Waals surface area contributed by atoms with Crippen molar-refractivity contribution in [3.05, 3.63) is 23.9 Å². The van der Waals surface area contributed by atoms with E-state index in [4.69, 9.17) is 9.88 Å². The van der Waals surface area contributed by atoms with Gasteiger partial charge in [-0.15, -0.1) is 0 Å². The van der Waals surface area contributed by atoms with Crippen molar-refractivity contribution < 1.29 is 17.9 Å². The van der Waals surface area contributed by atoms with E-state index in [2.05, 4.69) is 18.8 Å². The maximum atomic E-state index is 12.5. The van der Waals surface area contributed by atoms with Crippen molar-refractivity contribution in [1.82, 2.24) is 9.88 Å². The van der Waals surface area contributed by atoms with E-state index in [1.165, 1.54) is 6.07 Å². The van der Waals surface area contributed by atoms with Crippen LogP contribution in [0.3, 0.4) is 0 Å². The summed E-state index contributed by atoms with van der Waals surface area (Å²) < 4.78 is 28.0. The fourth-order valence-corrected chi connectivity index (χ4v) is 4.34. The lowest BCUT2D eigenvalue weighted by Gasteiger charge is -2.33. The van der Waals surface area contributed by atoms with E-state index in [9.17, 15) is 13.2 Å². The second-order valence-electron chi connectivity index (χ2n) is 9.62. The number of carbonyl (C=O) groups is 1. The van der Waals surface area contributed by atoms with Gasteiger partial charge in [0.1, 0.15) is 5.60 Å². The Morgan fingerprint density at radius 1 is 1.28 bits per heavy atom. The number of nitrogens with zero attached hydrogens (tertiary/aromatic N) is 2. The number of hydrogen-bond donors (Lipinski definition) is 1. The van der Waals surface area contributed by atoms with E-state index in [1.807, 2.05) is 25.7 Å². The van der Waals surface area contributed by atoms with E-state index in [1.54, 1.807) is 12.3 Å². The minimum atomic E-state index is -3.74. The molecule has 1 amide bonds. The number of sulfonamides is 1. The van der Waals surface area contributed by atoms with Gasteiger partial charge in [-0.05, 0) is 77.8 Å². The first-order chi connectivity index (χ1) is 13.3. The van der Waals surface area contributed by atoms with E-state index in [0.717, 1.165) is 50.6 Å². The van der Waals surface area contributed by atoms with Gasteiger partial charge in [-0.1, -0.05) is 18.9 Å². The molecule has 1 aliphatic rings. The van der Waals surface area contributed by atoms with Crippen molar-refractivity contribution in [3.8, 4) is 0 Å². The number of hydrogen-bond acceptors (Lipinski definition) is 5. The number of unbranched alkanes of at least 4 members (excludes halogenated alkanes) is 2. The molecule has 1 aliphatic heterocycles. The first-order valence-corrected chi connectivity index (χ1v) is 11.8. The van der Waals surface area contributed by atoms with Gasteiger partial charge in [-0.25, -0.2) is 23.3 Å². The van der Waals surface area contributed by atoms with Crippen LogP contribution in [0.2, 0.25) is 0 Å². The van der Waals surface area contributed by atoms with Crippen LogP contribution in [0.1, 0.15) is 72.3 Å². The molecule has 0 aliphatic carbocycles. The lowest BCUT2D eigenvalue weighted by atomic mass is 9.92. The van der Waals surface area contributed by atoms with Gasteiger partial charge >= 0.3 is 6.09 Å². The molecule has 2 N–H and O–H groups in total. The van der Waals surface area contributed by atoms with Crippen molar-refractivity contribution in [1.29, 1.82) is 0 Å². The molecule has 164 valence electrons. The number of primary sulfonamides is 1. The first-order valence-electron chi connectivity index (χ1n) is 10.3. The number of rotatable bonds is 7. The van der Waals surface area contributed by atoms with Crippen molar-refractivity contribution in [3.63, 3.8) is 0 Å². The second-order valence-corrected chi connectivity index (χ2v) is 11.1. The van der Waals surface area contributed by atoms with E-state index >= 15 is 0 Å². The third-order valence-corrected chi connectivity index (χ3v) is 6.06.